The van der Waals surface area contributed by atoms with E-state index in [4.69, 9.17) is 4.74 Å². The Morgan fingerprint density at radius 1 is 1.03 bits per heavy atom. The van der Waals surface area contributed by atoms with Crippen LogP contribution in [0.5, 0.6) is 5.88 Å². The number of hydrogen-bond donors (Lipinski definition) is 2. The molecule has 2 aromatic carbocycles. The quantitative estimate of drug-likeness (QED) is 0.359. The zero-order valence-corrected chi connectivity index (χ0v) is 19.2. The Morgan fingerprint density at radius 3 is 2.46 bits per heavy atom. The molecule has 2 aromatic heterocycles. The Hall–Kier alpha value is -4.11. The number of rotatable bonds is 10. The number of nitrogens with zero attached hydrogens (tertiary/aromatic N) is 4. The molecule has 0 aliphatic rings. The number of benzene rings is 2. The summed E-state index contributed by atoms with van der Waals surface area (Å²) in [6.45, 7) is 0.0509. The van der Waals surface area contributed by atoms with Crippen molar-refractivity contribution < 1.29 is 19.7 Å². The molecule has 2 heterocycles. The summed E-state index contributed by atoms with van der Waals surface area (Å²) < 4.78 is 6.23. The van der Waals surface area contributed by atoms with Crippen molar-refractivity contribution in [3.63, 3.8) is 0 Å². The molecule has 180 valence electrons. The first kappa shape index (κ1) is 24.0. The maximum Gasteiger partial charge on any atom is 0.309 e. The van der Waals surface area contributed by atoms with Gasteiger partial charge in [-0.15, -0.1) is 5.10 Å². The van der Waals surface area contributed by atoms with Gasteiger partial charge >= 0.3 is 5.97 Å². The normalized spacial score (nSPS) is 12.9. The minimum Gasteiger partial charge on any atom is -0.481 e. The molecule has 9 nitrogen and oxygen atoms in total. The highest BCUT2D eigenvalue weighted by Gasteiger charge is 2.26. The number of aryl methyl sites for hydroxylation is 2. The van der Waals surface area contributed by atoms with Gasteiger partial charge in [-0.3, -0.25) is 9.59 Å². The molecular formula is C26H26N4O5. The van der Waals surface area contributed by atoms with Gasteiger partial charge in [0.1, 0.15) is 5.52 Å². The summed E-state index contributed by atoms with van der Waals surface area (Å²) >= 11 is 0. The average Bonchev–Trinajstić information content (AvgIpc) is 2.89. The van der Waals surface area contributed by atoms with Crippen LogP contribution < -0.4 is 10.3 Å². The summed E-state index contributed by atoms with van der Waals surface area (Å²) in [4.78, 5) is 28.6. The van der Waals surface area contributed by atoms with Gasteiger partial charge in [0.2, 0.25) is 5.88 Å². The summed E-state index contributed by atoms with van der Waals surface area (Å²) in [5.74, 6) is -1.59. The third-order valence-electron chi connectivity index (χ3n) is 6.02. The molecule has 0 saturated carbocycles. The highest BCUT2D eigenvalue weighted by molar-refractivity contribution is 5.76. The minimum absolute atomic E-state index is 0.0509. The van der Waals surface area contributed by atoms with E-state index in [2.05, 4.69) is 15.3 Å². The summed E-state index contributed by atoms with van der Waals surface area (Å²) in [5, 5.41) is 28.6. The molecule has 35 heavy (non-hydrogen) atoms. The maximum atomic E-state index is 12.6. The number of methoxy groups -OCH3 is 1. The van der Waals surface area contributed by atoms with Gasteiger partial charge < -0.3 is 14.9 Å². The van der Waals surface area contributed by atoms with Crippen molar-refractivity contribution in [2.75, 3.05) is 7.11 Å². The Bertz CT molecular complexity index is 1350. The number of carbonyl (C=O) groups is 1. The number of carboxylic acid groups (broad SMARTS) is 1. The zero-order valence-electron chi connectivity index (χ0n) is 19.2. The van der Waals surface area contributed by atoms with E-state index in [1.54, 1.807) is 43.6 Å². The molecule has 0 saturated heterocycles. The van der Waals surface area contributed by atoms with Crippen LogP contribution in [0, 0.1) is 5.92 Å². The fourth-order valence-electron chi connectivity index (χ4n) is 3.96. The van der Waals surface area contributed by atoms with E-state index in [1.807, 2.05) is 30.3 Å². The molecule has 2 N–H and O–H groups in total. The SMILES string of the molecule is COc1ccc(-c2ccc(CCC(O)C(CCn3nnc4ccccc4c3=O)C(=O)O)cc2)cn1. The first-order chi connectivity index (χ1) is 17.0. The maximum absolute atomic E-state index is 12.6. The molecule has 2 atom stereocenters. The molecule has 0 aliphatic heterocycles. The monoisotopic (exact) mass is 474 g/mol. The predicted octanol–water partition coefficient (Wildman–Crippen LogP) is 2.95. The summed E-state index contributed by atoms with van der Waals surface area (Å²) in [7, 11) is 1.57. The van der Waals surface area contributed by atoms with Crippen LogP contribution in [-0.4, -0.2) is 49.4 Å². The number of pyridine rings is 1. The van der Waals surface area contributed by atoms with Crippen molar-refractivity contribution in [3.05, 3.63) is 82.8 Å². The smallest absolute Gasteiger partial charge is 0.309 e. The van der Waals surface area contributed by atoms with Crippen LogP contribution in [0.4, 0.5) is 0 Å². The average molecular weight is 475 g/mol. The van der Waals surface area contributed by atoms with Gasteiger partial charge in [-0.1, -0.05) is 41.6 Å². The zero-order chi connectivity index (χ0) is 24.8. The second-order valence-corrected chi connectivity index (χ2v) is 8.26. The number of fused-ring (bicyclic) bond motifs is 1. The molecule has 4 aromatic rings. The van der Waals surface area contributed by atoms with Crippen LogP contribution in [0.1, 0.15) is 18.4 Å². The third-order valence-corrected chi connectivity index (χ3v) is 6.02. The van der Waals surface area contributed by atoms with Gasteiger partial charge in [0.05, 0.1) is 24.5 Å². The van der Waals surface area contributed by atoms with E-state index in [9.17, 15) is 19.8 Å². The molecule has 0 bridgehead atoms. The largest absolute Gasteiger partial charge is 0.481 e. The number of carboxylic acids is 1. The van der Waals surface area contributed by atoms with Gasteiger partial charge in [0, 0.05) is 24.4 Å². The first-order valence-electron chi connectivity index (χ1n) is 11.3. The van der Waals surface area contributed by atoms with Crippen LogP contribution in [-0.2, 0) is 17.8 Å². The number of aromatic nitrogens is 4. The Labute approximate surface area is 201 Å². The van der Waals surface area contributed by atoms with Crippen molar-refractivity contribution in [3.8, 4) is 17.0 Å². The lowest BCUT2D eigenvalue weighted by Crippen LogP contribution is -2.32. The van der Waals surface area contributed by atoms with Crippen molar-refractivity contribution in [1.82, 2.24) is 20.0 Å². The second kappa shape index (κ2) is 10.9. The molecule has 0 fully saturated rings. The summed E-state index contributed by atoms with van der Waals surface area (Å²) in [5.41, 5.74) is 3.08. The van der Waals surface area contributed by atoms with E-state index in [0.29, 0.717) is 23.2 Å². The fraction of sp³-hybridized carbons (Fsp3) is 0.269. The third kappa shape index (κ3) is 5.70. The predicted molar refractivity (Wildman–Crippen MR) is 130 cm³/mol. The number of aliphatic hydroxyl groups is 1. The van der Waals surface area contributed by atoms with Crippen LogP contribution >= 0.6 is 0 Å². The number of ether oxygens (including phenoxy) is 1. The number of aliphatic hydroxyl groups excluding tert-OH is 1. The fourth-order valence-corrected chi connectivity index (χ4v) is 3.96. The van der Waals surface area contributed by atoms with E-state index in [0.717, 1.165) is 21.4 Å². The standard InChI is InChI=1S/C26H26N4O5/c1-35-24-13-11-19(16-27-24)18-9-6-17(7-10-18)8-12-23(31)21(26(33)34)14-15-30-25(32)20-4-2-3-5-22(20)28-29-30/h2-7,9-11,13,16,21,23,31H,8,12,14-15H2,1H3,(H,33,34). The van der Waals surface area contributed by atoms with E-state index < -0.39 is 18.0 Å². The molecule has 0 aliphatic carbocycles. The summed E-state index contributed by atoms with van der Waals surface area (Å²) in [6.07, 6.45) is 1.52. The molecule has 9 heteroatoms. The number of aliphatic carboxylic acids is 1. The minimum atomic E-state index is -1.11. The van der Waals surface area contributed by atoms with Gasteiger partial charge in [0.25, 0.3) is 5.56 Å². The van der Waals surface area contributed by atoms with Crippen molar-refractivity contribution in [2.24, 2.45) is 5.92 Å². The molecule has 2 unspecified atom stereocenters. The highest BCUT2D eigenvalue weighted by Crippen LogP contribution is 2.22. The van der Waals surface area contributed by atoms with Gasteiger partial charge in [-0.25, -0.2) is 9.67 Å². The molecule has 0 radical (unpaired) electrons. The molecule has 0 amide bonds. The van der Waals surface area contributed by atoms with Crippen molar-refractivity contribution in [1.29, 1.82) is 0 Å². The van der Waals surface area contributed by atoms with Crippen LogP contribution in [0.25, 0.3) is 22.0 Å². The number of hydrogen-bond acceptors (Lipinski definition) is 7. The van der Waals surface area contributed by atoms with E-state index in [-0.39, 0.29) is 24.9 Å². The van der Waals surface area contributed by atoms with E-state index in [1.165, 1.54) is 0 Å². The Kier molecular flexibility index (Phi) is 7.47. The Morgan fingerprint density at radius 2 is 1.77 bits per heavy atom. The van der Waals surface area contributed by atoms with Gasteiger partial charge in [0.15, 0.2) is 0 Å². The first-order valence-corrected chi connectivity index (χ1v) is 11.3. The van der Waals surface area contributed by atoms with Crippen molar-refractivity contribution in [2.45, 2.75) is 31.9 Å². The lowest BCUT2D eigenvalue weighted by atomic mass is 9.93. The van der Waals surface area contributed by atoms with Gasteiger partial charge in [-0.2, -0.15) is 0 Å². The van der Waals surface area contributed by atoms with Crippen LogP contribution in [0.3, 0.4) is 0 Å². The highest BCUT2D eigenvalue weighted by atomic mass is 16.5. The van der Waals surface area contributed by atoms with Crippen LogP contribution in [0.2, 0.25) is 0 Å². The summed E-state index contributed by atoms with van der Waals surface area (Å²) in [6, 6.07) is 18.4. The van der Waals surface area contributed by atoms with Crippen LogP contribution in [0.15, 0.2) is 71.7 Å². The molecule has 4 rings (SSSR count). The second-order valence-electron chi connectivity index (χ2n) is 8.26. The van der Waals surface area contributed by atoms with Gasteiger partial charge in [-0.05, 0) is 48.6 Å². The molecule has 0 spiro atoms. The Balaban J connectivity index is 1.36. The molecular weight excluding hydrogens is 448 g/mol. The van der Waals surface area contributed by atoms with E-state index >= 15 is 0 Å². The topological polar surface area (TPSA) is 127 Å². The van der Waals surface area contributed by atoms with Crippen molar-refractivity contribution >= 4 is 16.9 Å². The lowest BCUT2D eigenvalue weighted by Gasteiger charge is -2.19. The lowest BCUT2D eigenvalue weighted by molar-refractivity contribution is -0.146.